The molecule has 6 nitrogen and oxygen atoms in total. The van der Waals surface area contributed by atoms with Crippen molar-refractivity contribution in [3.8, 4) is 17.2 Å². The van der Waals surface area contributed by atoms with Gasteiger partial charge in [-0.15, -0.1) is 0 Å². The molecule has 0 amide bonds. The Kier molecular flexibility index (Phi) is 6.16. The molecule has 0 fully saturated rings. The zero-order valence-corrected chi connectivity index (χ0v) is 15.9. The lowest BCUT2D eigenvalue weighted by molar-refractivity contribution is 0.395. The van der Waals surface area contributed by atoms with Crippen LogP contribution in [0.3, 0.4) is 0 Å². The number of nitrogens with one attached hydrogen (secondary N) is 1. The number of sulfonamides is 1. The zero-order valence-electron chi connectivity index (χ0n) is 14.4. The molecule has 0 aliphatic rings. The van der Waals surface area contributed by atoms with Gasteiger partial charge < -0.3 is 14.2 Å². The molecule has 0 spiro atoms. The first-order valence-electron chi connectivity index (χ1n) is 7.40. The van der Waals surface area contributed by atoms with E-state index in [2.05, 4.69) is 4.72 Å². The Morgan fingerprint density at radius 3 is 2.16 bits per heavy atom. The molecule has 0 saturated carbocycles. The second-order valence-electron chi connectivity index (χ2n) is 5.25. The average Bonchev–Trinajstić information content (AvgIpc) is 2.60. The van der Waals surface area contributed by atoms with E-state index in [9.17, 15) is 8.42 Å². The van der Waals surface area contributed by atoms with E-state index >= 15 is 0 Å². The van der Waals surface area contributed by atoms with E-state index in [-0.39, 0.29) is 9.92 Å². The van der Waals surface area contributed by atoms with Crippen molar-refractivity contribution in [2.75, 3.05) is 21.3 Å². The van der Waals surface area contributed by atoms with Crippen LogP contribution in [0.2, 0.25) is 5.02 Å². The van der Waals surface area contributed by atoms with Crippen molar-refractivity contribution < 1.29 is 22.6 Å². The van der Waals surface area contributed by atoms with Gasteiger partial charge in [0.1, 0.15) is 17.2 Å². The molecule has 0 bridgehead atoms. The van der Waals surface area contributed by atoms with Crippen LogP contribution in [0.1, 0.15) is 18.5 Å². The smallest absolute Gasteiger partial charge is 0.241 e. The molecule has 0 unspecified atom stereocenters. The molecule has 1 N–H and O–H groups in total. The highest BCUT2D eigenvalue weighted by Crippen LogP contribution is 2.31. The van der Waals surface area contributed by atoms with Crippen LogP contribution in [-0.4, -0.2) is 29.7 Å². The van der Waals surface area contributed by atoms with Gasteiger partial charge in [-0.1, -0.05) is 11.6 Å². The van der Waals surface area contributed by atoms with E-state index in [1.165, 1.54) is 32.4 Å². The normalized spacial score (nSPS) is 12.5. The summed E-state index contributed by atoms with van der Waals surface area (Å²) >= 11 is 6.02. The van der Waals surface area contributed by atoms with Crippen molar-refractivity contribution in [1.29, 1.82) is 0 Å². The quantitative estimate of drug-likeness (QED) is 0.790. The molecule has 2 aromatic rings. The molecule has 2 rings (SSSR count). The molecule has 0 radical (unpaired) electrons. The van der Waals surface area contributed by atoms with Crippen LogP contribution < -0.4 is 18.9 Å². The van der Waals surface area contributed by atoms with Gasteiger partial charge >= 0.3 is 0 Å². The highest BCUT2D eigenvalue weighted by Gasteiger charge is 2.22. The first-order valence-corrected chi connectivity index (χ1v) is 9.26. The summed E-state index contributed by atoms with van der Waals surface area (Å²) in [4.78, 5) is 0.0482. The fourth-order valence-electron chi connectivity index (χ4n) is 2.36. The maximum Gasteiger partial charge on any atom is 0.241 e. The monoisotopic (exact) mass is 385 g/mol. The summed E-state index contributed by atoms with van der Waals surface area (Å²) in [5.74, 6) is 1.57. The molecule has 136 valence electrons. The predicted octanol–water partition coefficient (Wildman–Crippen LogP) is 3.41. The standard InChI is InChI=1S/C17H20ClNO5S/c1-11(14-9-12(22-2)5-7-16(14)23-3)19-25(20,21)13-6-8-17(24-4)15(18)10-13/h5-11,19H,1-4H3/t11-/m1/s1. The SMILES string of the molecule is COc1ccc(OC)c([C@@H](C)NS(=O)(=O)c2ccc(OC)c(Cl)c2)c1. The molecule has 2 aromatic carbocycles. The molecule has 25 heavy (non-hydrogen) atoms. The Hall–Kier alpha value is -1.96. The molecule has 0 aliphatic carbocycles. The van der Waals surface area contributed by atoms with E-state index in [1.54, 1.807) is 32.2 Å². The van der Waals surface area contributed by atoms with Crippen LogP contribution in [0.5, 0.6) is 17.2 Å². The predicted molar refractivity (Wildman–Crippen MR) is 96.3 cm³/mol. The highest BCUT2D eigenvalue weighted by atomic mass is 35.5. The molecule has 0 aromatic heterocycles. The molecular formula is C17H20ClNO5S. The van der Waals surface area contributed by atoms with E-state index in [1.807, 2.05) is 0 Å². The summed E-state index contributed by atoms with van der Waals surface area (Å²) in [6, 6.07) is 8.94. The minimum atomic E-state index is -3.79. The van der Waals surface area contributed by atoms with Crippen molar-refractivity contribution in [3.05, 3.63) is 47.0 Å². The maximum absolute atomic E-state index is 12.6. The Bertz CT molecular complexity index is 854. The first kappa shape index (κ1) is 19.4. The number of methoxy groups -OCH3 is 3. The van der Waals surface area contributed by atoms with Gasteiger partial charge in [0.05, 0.1) is 31.2 Å². The molecular weight excluding hydrogens is 366 g/mol. The fraction of sp³-hybridized carbons (Fsp3) is 0.294. The second-order valence-corrected chi connectivity index (χ2v) is 7.37. The summed E-state index contributed by atoms with van der Waals surface area (Å²) in [6.07, 6.45) is 0. The van der Waals surface area contributed by atoms with Crippen LogP contribution in [0.15, 0.2) is 41.3 Å². The Labute approximate surface area is 152 Å². The minimum Gasteiger partial charge on any atom is -0.497 e. The molecule has 0 heterocycles. The van der Waals surface area contributed by atoms with E-state index in [0.717, 1.165) is 0 Å². The van der Waals surface area contributed by atoms with Crippen LogP contribution in [0, 0.1) is 0 Å². The van der Waals surface area contributed by atoms with Gasteiger partial charge in [0, 0.05) is 11.6 Å². The molecule has 1 atom stereocenters. The Morgan fingerprint density at radius 1 is 0.960 bits per heavy atom. The third-order valence-electron chi connectivity index (χ3n) is 3.67. The van der Waals surface area contributed by atoms with Crippen LogP contribution in [0.25, 0.3) is 0 Å². The molecule has 0 saturated heterocycles. The third kappa shape index (κ3) is 4.36. The molecule has 0 aliphatic heterocycles. The number of rotatable bonds is 7. The first-order chi connectivity index (χ1) is 11.8. The van der Waals surface area contributed by atoms with Crippen LogP contribution >= 0.6 is 11.6 Å². The second kappa shape index (κ2) is 7.95. The highest BCUT2D eigenvalue weighted by molar-refractivity contribution is 7.89. The number of ether oxygens (including phenoxy) is 3. The van der Waals surface area contributed by atoms with Crippen LogP contribution in [-0.2, 0) is 10.0 Å². The van der Waals surface area contributed by atoms with Gasteiger partial charge in [0.2, 0.25) is 10.0 Å². The zero-order chi connectivity index (χ0) is 18.6. The van der Waals surface area contributed by atoms with Gasteiger partial charge in [-0.3, -0.25) is 0 Å². The van der Waals surface area contributed by atoms with Crippen molar-refractivity contribution in [2.24, 2.45) is 0 Å². The van der Waals surface area contributed by atoms with E-state index < -0.39 is 16.1 Å². The van der Waals surface area contributed by atoms with Crippen molar-refractivity contribution in [1.82, 2.24) is 4.72 Å². The van der Waals surface area contributed by atoms with E-state index in [4.69, 9.17) is 25.8 Å². The number of halogens is 1. The Morgan fingerprint density at radius 2 is 1.60 bits per heavy atom. The van der Waals surface area contributed by atoms with Gasteiger partial charge in [0.25, 0.3) is 0 Å². The van der Waals surface area contributed by atoms with Gasteiger partial charge in [-0.05, 0) is 43.3 Å². The van der Waals surface area contributed by atoms with Gasteiger partial charge in [-0.25, -0.2) is 13.1 Å². The van der Waals surface area contributed by atoms with E-state index in [0.29, 0.717) is 22.8 Å². The topological polar surface area (TPSA) is 73.9 Å². The average molecular weight is 386 g/mol. The van der Waals surface area contributed by atoms with Crippen molar-refractivity contribution >= 4 is 21.6 Å². The Balaban J connectivity index is 2.33. The fourth-order valence-corrected chi connectivity index (χ4v) is 3.93. The minimum absolute atomic E-state index is 0.0482. The summed E-state index contributed by atoms with van der Waals surface area (Å²) < 4.78 is 43.4. The number of hydrogen-bond donors (Lipinski definition) is 1. The van der Waals surface area contributed by atoms with Gasteiger partial charge in [0.15, 0.2) is 0 Å². The summed E-state index contributed by atoms with van der Waals surface area (Å²) in [5, 5.41) is 0.219. The summed E-state index contributed by atoms with van der Waals surface area (Å²) in [6.45, 7) is 1.72. The lowest BCUT2D eigenvalue weighted by atomic mass is 10.1. The van der Waals surface area contributed by atoms with Crippen molar-refractivity contribution in [2.45, 2.75) is 17.9 Å². The molecule has 8 heteroatoms. The van der Waals surface area contributed by atoms with Crippen LogP contribution in [0.4, 0.5) is 0 Å². The third-order valence-corrected chi connectivity index (χ3v) is 5.50. The maximum atomic E-state index is 12.6. The summed E-state index contributed by atoms with van der Waals surface area (Å²) in [7, 11) is 0.742. The lowest BCUT2D eigenvalue weighted by Gasteiger charge is -2.18. The lowest BCUT2D eigenvalue weighted by Crippen LogP contribution is -2.27. The summed E-state index contributed by atoms with van der Waals surface area (Å²) in [5.41, 5.74) is 0.657. The largest absolute Gasteiger partial charge is 0.497 e. The van der Waals surface area contributed by atoms with Gasteiger partial charge in [-0.2, -0.15) is 0 Å². The van der Waals surface area contributed by atoms with Crippen molar-refractivity contribution in [3.63, 3.8) is 0 Å². The number of benzene rings is 2. The number of hydrogen-bond acceptors (Lipinski definition) is 5.